The zero-order valence-corrected chi connectivity index (χ0v) is 16.5. The van der Waals surface area contributed by atoms with Crippen LogP contribution in [0.1, 0.15) is 92.9 Å². The van der Waals surface area contributed by atoms with Crippen LogP contribution in [0.4, 0.5) is 0 Å². The van der Waals surface area contributed by atoms with Crippen molar-refractivity contribution >= 4 is 11.9 Å². The van der Waals surface area contributed by atoms with Crippen molar-refractivity contribution in [3.8, 4) is 0 Å². The highest BCUT2D eigenvalue weighted by Gasteiger charge is 2.40. The Morgan fingerprint density at radius 2 is 1.54 bits per heavy atom. The summed E-state index contributed by atoms with van der Waals surface area (Å²) in [5.41, 5.74) is -1.23. The molecule has 0 bridgehead atoms. The molecule has 1 rings (SSSR count). The molecule has 0 radical (unpaired) electrons. The largest absolute Gasteiger partial charge is 0.465 e. The molecule has 0 N–H and O–H groups in total. The maximum Gasteiger partial charge on any atom is 0.312 e. The van der Waals surface area contributed by atoms with Crippen molar-refractivity contribution in [3.63, 3.8) is 0 Å². The summed E-state index contributed by atoms with van der Waals surface area (Å²) in [5, 5.41) is 0. The predicted molar refractivity (Wildman–Crippen MR) is 95.6 cm³/mol. The molecule has 1 aliphatic rings. The van der Waals surface area contributed by atoms with Gasteiger partial charge in [0.2, 0.25) is 0 Å². The van der Waals surface area contributed by atoms with Gasteiger partial charge in [-0.3, -0.25) is 9.59 Å². The van der Waals surface area contributed by atoms with E-state index in [2.05, 4.69) is 6.92 Å². The number of ether oxygens (including phenoxy) is 2. The molecule has 4 heteroatoms. The number of carbonyl (C=O) groups is 2. The number of carbonyl (C=O) groups excluding carboxylic acids is 2. The lowest BCUT2D eigenvalue weighted by Gasteiger charge is -2.32. The van der Waals surface area contributed by atoms with Crippen molar-refractivity contribution in [3.05, 3.63) is 0 Å². The van der Waals surface area contributed by atoms with Crippen molar-refractivity contribution in [2.75, 3.05) is 6.61 Å². The van der Waals surface area contributed by atoms with Crippen LogP contribution in [0.2, 0.25) is 0 Å². The zero-order valence-electron chi connectivity index (χ0n) is 16.5. The van der Waals surface area contributed by atoms with Gasteiger partial charge in [0.05, 0.1) is 17.4 Å². The Labute approximate surface area is 147 Å². The molecule has 0 aromatic rings. The first kappa shape index (κ1) is 21.0. The van der Waals surface area contributed by atoms with E-state index in [0.29, 0.717) is 19.4 Å². The van der Waals surface area contributed by atoms with Gasteiger partial charge in [0, 0.05) is 0 Å². The van der Waals surface area contributed by atoms with Gasteiger partial charge >= 0.3 is 11.9 Å². The highest BCUT2D eigenvalue weighted by atomic mass is 16.6. The molecule has 24 heavy (non-hydrogen) atoms. The normalized spacial score (nSPS) is 17.6. The minimum atomic E-state index is -0.544. The molecule has 1 saturated carbocycles. The molecule has 140 valence electrons. The third-order valence-electron chi connectivity index (χ3n) is 5.64. The van der Waals surface area contributed by atoms with Gasteiger partial charge < -0.3 is 9.47 Å². The molecule has 1 aliphatic carbocycles. The first-order valence-corrected chi connectivity index (χ1v) is 9.49. The molecule has 0 aromatic carbocycles. The van der Waals surface area contributed by atoms with Crippen molar-refractivity contribution in [1.29, 1.82) is 0 Å². The molecule has 0 unspecified atom stereocenters. The van der Waals surface area contributed by atoms with Crippen molar-refractivity contribution in [1.82, 2.24) is 0 Å². The Kier molecular flexibility index (Phi) is 7.30. The van der Waals surface area contributed by atoms with Gasteiger partial charge in [-0.15, -0.1) is 0 Å². The second-order valence-electron chi connectivity index (χ2n) is 8.49. The van der Waals surface area contributed by atoms with Crippen molar-refractivity contribution < 1.29 is 19.1 Å². The molecular weight excluding hydrogens is 304 g/mol. The van der Waals surface area contributed by atoms with Gasteiger partial charge in [0.25, 0.3) is 0 Å². The van der Waals surface area contributed by atoms with E-state index in [1.807, 2.05) is 34.6 Å². The predicted octanol–water partition coefficient (Wildman–Crippen LogP) is 5.04. The topological polar surface area (TPSA) is 52.6 Å². The molecule has 0 spiro atoms. The van der Waals surface area contributed by atoms with E-state index in [4.69, 9.17) is 9.47 Å². The van der Waals surface area contributed by atoms with E-state index in [1.165, 1.54) is 0 Å². The molecule has 0 amide bonds. The minimum Gasteiger partial charge on any atom is -0.465 e. The second-order valence-corrected chi connectivity index (χ2v) is 8.49. The van der Waals surface area contributed by atoms with Gasteiger partial charge in [-0.2, -0.15) is 0 Å². The standard InChI is InChI=1S/C20H36O4/c1-7-18(3,4)16(21)23-15-11-12-19(5,6)17(22)24-20(8-2)13-9-10-14-20/h7-15H2,1-6H3. The fourth-order valence-electron chi connectivity index (χ4n) is 3.00. The number of rotatable bonds is 9. The lowest BCUT2D eigenvalue weighted by atomic mass is 9.87. The molecule has 0 aliphatic heterocycles. The average molecular weight is 341 g/mol. The summed E-state index contributed by atoms with van der Waals surface area (Å²) in [6.45, 7) is 12.1. The molecule has 0 atom stereocenters. The van der Waals surface area contributed by atoms with Crippen LogP contribution in [0.25, 0.3) is 0 Å². The smallest absolute Gasteiger partial charge is 0.312 e. The number of hydrogen-bond donors (Lipinski definition) is 0. The molecule has 4 nitrogen and oxygen atoms in total. The Balaban J connectivity index is 2.43. The fraction of sp³-hybridized carbons (Fsp3) is 0.900. The van der Waals surface area contributed by atoms with Gasteiger partial charge in [-0.25, -0.2) is 0 Å². The van der Waals surface area contributed by atoms with Gasteiger partial charge in [0.15, 0.2) is 0 Å². The van der Waals surface area contributed by atoms with Gasteiger partial charge in [0.1, 0.15) is 5.60 Å². The van der Waals surface area contributed by atoms with Gasteiger partial charge in [-0.1, -0.05) is 13.8 Å². The van der Waals surface area contributed by atoms with Crippen LogP contribution in [0, 0.1) is 10.8 Å². The fourth-order valence-corrected chi connectivity index (χ4v) is 3.00. The molecule has 0 aromatic heterocycles. The van der Waals surface area contributed by atoms with E-state index in [0.717, 1.165) is 38.5 Å². The van der Waals surface area contributed by atoms with Crippen LogP contribution in [0.15, 0.2) is 0 Å². The molecular formula is C20H36O4. The quantitative estimate of drug-likeness (QED) is 0.436. The summed E-state index contributed by atoms with van der Waals surface area (Å²) in [4.78, 5) is 24.5. The average Bonchev–Trinajstić information content (AvgIpc) is 3.00. The van der Waals surface area contributed by atoms with Crippen LogP contribution in [0.5, 0.6) is 0 Å². The third kappa shape index (κ3) is 5.49. The summed E-state index contributed by atoms with van der Waals surface area (Å²) in [6.07, 6.45) is 7.22. The Bertz CT molecular complexity index is 431. The van der Waals surface area contributed by atoms with E-state index < -0.39 is 10.8 Å². The zero-order chi connectivity index (χ0) is 18.4. The SMILES string of the molecule is CCC1(OC(=O)C(C)(C)CCCOC(=O)C(C)(C)CC)CCCC1. The molecule has 1 fully saturated rings. The lowest BCUT2D eigenvalue weighted by molar-refractivity contribution is -0.171. The summed E-state index contributed by atoms with van der Waals surface area (Å²) < 4.78 is 11.3. The summed E-state index contributed by atoms with van der Waals surface area (Å²) in [7, 11) is 0. The summed E-state index contributed by atoms with van der Waals surface area (Å²) >= 11 is 0. The third-order valence-corrected chi connectivity index (χ3v) is 5.64. The van der Waals surface area contributed by atoms with E-state index in [9.17, 15) is 9.59 Å². The van der Waals surface area contributed by atoms with Crippen molar-refractivity contribution in [2.24, 2.45) is 10.8 Å². The van der Waals surface area contributed by atoms with Crippen LogP contribution < -0.4 is 0 Å². The molecule has 0 heterocycles. The Morgan fingerprint density at radius 3 is 2.04 bits per heavy atom. The van der Waals surface area contributed by atoms with Crippen LogP contribution >= 0.6 is 0 Å². The Morgan fingerprint density at radius 1 is 0.958 bits per heavy atom. The second kappa shape index (κ2) is 8.35. The minimum absolute atomic E-state index is 0.119. The number of hydrogen-bond acceptors (Lipinski definition) is 4. The van der Waals surface area contributed by atoms with E-state index >= 15 is 0 Å². The lowest BCUT2D eigenvalue weighted by Crippen LogP contribution is -2.37. The van der Waals surface area contributed by atoms with Crippen molar-refractivity contribution in [2.45, 2.75) is 98.5 Å². The van der Waals surface area contributed by atoms with Crippen LogP contribution in [0.3, 0.4) is 0 Å². The summed E-state index contributed by atoms with van der Waals surface area (Å²) in [6, 6.07) is 0. The summed E-state index contributed by atoms with van der Waals surface area (Å²) in [5.74, 6) is -0.285. The highest BCUT2D eigenvalue weighted by Crippen LogP contribution is 2.38. The van der Waals surface area contributed by atoms with E-state index in [1.54, 1.807) is 0 Å². The maximum atomic E-state index is 12.6. The van der Waals surface area contributed by atoms with E-state index in [-0.39, 0.29) is 17.5 Å². The first-order valence-electron chi connectivity index (χ1n) is 9.49. The molecule has 0 saturated heterocycles. The van der Waals surface area contributed by atoms with Crippen LogP contribution in [-0.2, 0) is 19.1 Å². The highest BCUT2D eigenvalue weighted by molar-refractivity contribution is 5.76. The Hall–Kier alpha value is -1.06. The monoisotopic (exact) mass is 340 g/mol. The number of esters is 2. The van der Waals surface area contributed by atoms with Crippen LogP contribution in [-0.4, -0.2) is 24.1 Å². The van der Waals surface area contributed by atoms with Gasteiger partial charge in [-0.05, 0) is 79.1 Å². The first-order chi connectivity index (χ1) is 11.1. The maximum absolute atomic E-state index is 12.6.